The molecule has 4 rings (SSSR count). The lowest BCUT2D eigenvalue weighted by atomic mass is 9.80. The summed E-state index contributed by atoms with van der Waals surface area (Å²) in [5.41, 5.74) is 4.23. The highest BCUT2D eigenvalue weighted by Crippen LogP contribution is 2.43. The van der Waals surface area contributed by atoms with Crippen molar-refractivity contribution in [3.05, 3.63) is 35.5 Å². The fourth-order valence-corrected chi connectivity index (χ4v) is 4.37. The van der Waals surface area contributed by atoms with Gasteiger partial charge >= 0.3 is 0 Å². The number of benzene rings is 1. The monoisotopic (exact) mass is 279 g/mol. The van der Waals surface area contributed by atoms with Gasteiger partial charge in [0.1, 0.15) is 0 Å². The van der Waals surface area contributed by atoms with E-state index >= 15 is 0 Å². The van der Waals surface area contributed by atoms with Gasteiger partial charge in [0.15, 0.2) is 0 Å². The van der Waals surface area contributed by atoms with Gasteiger partial charge in [-0.3, -0.25) is 4.90 Å². The summed E-state index contributed by atoms with van der Waals surface area (Å²) < 4.78 is 0. The number of nitrogens with zero attached hydrogens (tertiary/aromatic N) is 2. The maximum Gasteiger partial charge on any atom is 0.0621 e. The van der Waals surface area contributed by atoms with Crippen LogP contribution in [0.5, 0.6) is 0 Å². The van der Waals surface area contributed by atoms with Crippen LogP contribution in [0.2, 0.25) is 0 Å². The number of piperidine rings is 1. The summed E-state index contributed by atoms with van der Waals surface area (Å²) in [6, 6.07) is 11.5. The first kappa shape index (κ1) is 12.9. The first-order valence-corrected chi connectivity index (χ1v) is 8.09. The van der Waals surface area contributed by atoms with E-state index < -0.39 is 0 Å². The Kier molecular flexibility index (Phi) is 3.20. The third-order valence-electron chi connectivity index (χ3n) is 5.28. The number of hydrogen-bond acceptors (Lipinski definition) is 2. The molecule has 108 valence electrons. The molecule has 1 N–H and O–H groups in total. The van der Waals surface area contributed by atoms with Crippen molar-refractivity contribution in [1.82, 2.24) is 9.88 Å². The quantitative estimate of drug-likeness (QED) is 0.909. The maximum absolute atomic E-state index is 8.93. The largest absolute Gasteiger partial charge is 0.357 e. The molecule has 2 aliphatic rings. The highest BCUT2D eigenvalue weighted by Gasteiger charge is 2.37. The number of aromatic nitrogens is 1. The van der Waals surface area contributed by atoms with Gasteiger partial charge < -0.3 is 4.98 Å². The molecule has 1 aromatic carbocycles. The first-order chi connectivity index (χ1) is 10.4. The highest BCUT2D eigenvalue weighted by molar-refractivity contribution is 5.85. The number of aromatic amines is 1. The standard InChI is InChI=1S/C18H21N3/c19-10-3-5-13-6-4-11-21-12-9-15-14-7-1-2-8-16(14)20-17(15)18(13)21/h1-2,7-8,13,18,20H,3-6,9,11-12H2/t13-,18-/m1/s1. The van der Waals surface area contributed by atoms with E-state index in [4.69, 9.17) is 5.26 Å². The van der Waals surface area contributed by atoms with Crippen LogP contribution in [0, 0.1) is 17.2 Å². The third kappa shape index (κ3) is 2.06. The van der Waals surface area contributed by atoms with Crippen molar-refractivity contribution >= 4 is 10.9 Å². The van der Waals surface area contributed by atoms with Crippen LogP contribution in [0.25, 0.3) is 10.9 Å². The predicted octanol–water partition coefficient (Wildman–Crippen LogP) is 3.78. The number of para-hydroxylation sites is 1. The molecule has 0 aliphatic carbocycles. The minimum Gasteiger partial charge on any atom is -0.357 e. The van der Waals surface area contributed by atoms with Crippen LogP contribution in [-0.2, 0) is 6.42 Å². The summed E-state index contributed by atoms with van der Waals surface area (Å²) in [7, 11) is 0. The molecule has 0 amide bonds. The second-order valence-electron chi connectivity index (χ2n) is 6.39. The van der Waals surface area contributed by atoms with Crippen molar-refractivity contribution in [3.8, 4) is 6.07 Å². The van der Waals surface area contributed by atoms with Gasteiger partial charge in [-0.1, -0.05) is 18.2 Å². The number of nitriles is 1. The van der Waals surface area contributed by atoms with Crippen LogP contribution in [0.3, 0.4) is 0 Å². The summed E-state index contributed by atoms with van der Waals surface area (Å²) in [4.78, 5) is 6.34. The molecule has 21 heavy (non-hydrogen) atoms. The second kappa shape index (κ2) is 5.20. The normalized spacial score (nSPS) is 25.3. The fraction of sp³-hybridized carbons (Fsp3) is 0.500. The summed E-state index contributed by atoms with van der Waals surface area (Å²) in [5, 5.41) is 10.3. The highest BCUT2D eigenvalue weighted by atomic mass is 15.2. The third-order valence-corrected chi connectivity index (χ3v) is 5.28. The van der Waals surface area contributed by atoms with Gasteiger partial charge in [-0.15, -0.1) is 0 Å². The van der Waals surface area contributed by atoms with Crippen molar-refractivity contribution in [2.45, 2.75) is 38.1 Å². The van der Waals surface area contributed by atoms with E-state index in [2.05, 4.69) is 40.2 Å². The number of fused-ring (bicyclic) bond motifs is 5. The van der Waals surface area contributed by atoms with Crippen LogP contribution >= 0.6 is 0 Å². The smallest absolute Gasteiger partial charge is 0.0621 e. The average Bonchev–Trinajstić information content (AvgIpc) is 2.91. The lowest BCUT2D eigenvalue weighted by Crippen LogP contribution is -2.43. The molecule has 3 nitrogen and oxygen atoms in total. The van der Waals surface area contributed by atoms with Crippen molar-refractivity contribution in [3.63, 3.8) is 0 Å². The average molecular weight is 279 g/mol. The topological polar surface area (TPSA) is 42.8 Å². The van der Waals surface area contributed by atoms with Crippen LogP contribution in [-0.4, -0.2) is 23.0 Å². The lowest BCUT2D eigenvalue weighted by Gasteiger charge is -2.44. The molecule has 2 aliphatic heterocycles. The van der Waals surface area contributed by atoms with Gasteiger partial charge in [0, 0.05) is 29.6 Å². The van der Waals surface area contributed by atoms with Crippen molar-refractivity contribution in [2.24, 2.45) is 5.92 Å². The number of hydrogen-bond donors (Lipinski definition) is 1. The SMILES string of the molecule is N#CCC[C@@H]1CCCN2CCc3c([nH]c4ccccc34)[C@@H]12. The van der Waals surface area contributed by atoms with Gasteiger partial charge in [-0.2, -0.15) is 5.26 Å². The lowest BCUT2D eigenvalue weighted by molar-refractivity contribution is 0.0770. The fourth-order valence-electron chi connectivity index (χ4n) is 4.37. The molecule has 1 fully saturated rings. The summed E-state index contributed by atoms with van der Waals surface area (Å²) in [5.74, 6) is 0.630. The molecule has 0 spiro atoms. The van der Waals surface area contributed by atoms with E-state index in [-0.39, 0.29) is 0 Å². The molecule has 0 bridgehead atoms. The summed E-state index contributed by atoms with van der Waals surface area (Å²) in [6.07, 6.45) is 5.41. The second-order valence-corrected chi connectivity index (χ2v) is 6.39. The van der Waals surface area contributed by atoms with Crippen LogP contribution in [0.15, 0.2) is 24.3 Å². The zero-order chi connectivity index (χ0) is 14.2. The van der Waals surface area contributed by atoms with Crippen molar-refractivity contribution in [2.75, 3.05) is 13.1 Å². The van der Waals surface area contributed by atoms with Crippen LogP contribution in [0.1, 0.15) is 43.0 Å². The Morgan fingerprint density at radius 3 is 3.10 bits per heavy atom. The van der Waals surface area contributed by atoms with E-state index in [1.807, 2.05) is 0 Å². The number of nitrogens with one attached hydrogen (secondary N) is 1. The van der Waals surface area contributed by atoms with E-state index in [0.29, 0.717) is 18.4 Å². The molecule has 3 heteroatoms. The Labute approximate surface area is 125 Å². The van der Waals surface area contributed by atoms with E-state index in [9.17, 15) is 0 Å². The Balaban J connectivity index is 1.78. The number of H-pyrrole nitrogens is 1. The molecule has 0 radical (unpaired) electrons. The predicted molar refractivity (Wildman–Crippen MR) is 83.9 cm³/mol. The van der Waals surface area contributed by atoms with Crippen molar-refractivity contribution < 1.29 is 0 Å². The Morgan fingerprint density at radius 2 is 2.19 bits per heavy atom. The molecular weight excluding hydrogens is 258 g/mol. The molecule has 3 heterocycles. The maximum atomic E-state index is 8.93. The van der Waals surface area contributed by atoms with E-state index in [0.717, 1.165) is 12.8 Å². The van der Waals surface area contributed by atoms with Crippen LogP contribution < -0.4 is 0 Å². The van der Waals surface area contributed by atoms with Gasteiger partial charge in [0.25, 0.3) is 0 Å². The van der Waals surface area contributed by atoms with E-state index in [1.165, 1.54) is 48.1 Å². The molecule has 2 atom stereocenters. The molecule has 2 aromatic rings. The Bertz CT molecular complexity index is 694. The minimum atomic E-state index is 0.503. The first-order valence-electron chi connectivity index (χ1n) is 8.09. The zero-order valence-corrected chi connectivity index (χ0v) is 12.3. The van der Waals surface area contributed by atoms with Crippen LogP contribution in [0.4, 0.5) is 0 Å². The summed E-state index contributed by atoms with van der Waals surface area (Å²) >= 11 is 0. The minimum absolute atomic E-state index is 0.503. The molecular formula is C18H21N3. The van der Waals surface area contributed by atoms with Gasteiger partial charge in [-0.25, -0.2) is 0 Å². The van der Waals surface area contributed by atoms with Crippen molar-refractivity contribution in [1.29, 1.82) is 5.26 Å². The van der Waals surface area contributed by atoms with Gasteiger partial charge in [-0.05, 0) is 49.8 Å². The molecule has 0 unspecified atom stereocenters. The molecule has 0 saturated carbocycles. The molecule has 1 aromatic heterocycles. The zero-order valence-electron chi connectivity index (χ0n) is 12.3. The molecule has 1 saturated heterocycles. The van der Waals surface area contributed by atoms with E-state index in [1.54, 1.807) is 0 Å². The Morgan fingerprint density at radius 1 is 1.29 bits per heavy atom. The summed E-state index contributed by atoms with van der Waals surface area (Å²) in [6.45, 7) is 2.38. The Hall–Kier alpha value is -1.79. The number of rotatable bonds is 2. The van der Waals surface area contributed by atoms with Gasteiger partial charge in [0.2, 0.25) is 0 Å². The van der Waals surface area contributed by atoms with Gasteiger partial charge in [0.05, 0.1) is 12.1 Å².